The predicted octanol–water partition coefficient (Wildman–Crippen LogP) is 3.48. The predicted molar refractivity (Wildman–Crippen MR) is 72.2 cm³/mol. The number of halogens is 3. The van der Waals surface area contributed by atoms with E-state index < -0.39 is 3.79 Å². The van der Waals surface area contributed by atoms with Crippen molar-refractivity contribution in [2.24, 2.45) is 0 Å². The highest BCUT2D eigenvalue weighted by Gasteiger charge is 2.29. The molecule has 1 heterocycles. The van der Waals surface area contributed by atoms with E-state index >= 15 is 0 Å². The van der Waals surface area contributed by atoms with E-state index in [1.165, 1.54) is 18.2 Å². The molecule has 2 rings (SSSR count). The van der Waals surface area contributed by atoms with Gasteiger partial charge in [0.05, 0.1) is 0 Å². The maximum atomic E-state index is 9.32. The summed E-state index contributed by atoms with van der Waals surface area (Å²) < 4.78 is 3.34. The third-order valence-corrected chi connectivity index (χ3v) is 2.59. The average Bonchev–Trinajstić information content (AvgIpc) is 2.79. The Morgan fingerprint density at radius 1 is 1.05 bits per heavy atom. The van der Waals surface area contributed by atoms with Gasteiger partial charge < -0.3 is 14.6 Å². The van der Waals surface area contributed by atoms with E-state index in [2.05, 4.69) is 10.2 Å². The van der Waals surface area contributed by atoms with E-state index in [1.807, 2.05) is 0 Å². The molecule has 0 atom stereocenters. The zero-order valence-electron chi connectivity index (χ0n) is 9.22. The molecule has 0 saturated carbocycles. The third-order valence-electron chi connectivity index (χ3n) is 2.10. The van der Waals surface area contributed by atoms with Crippen molar-refractivity contribution in [1.29, 1.82) is 0 Å². The molecule has 0 fully saturated rings. The minimum atomic E-state index is -1.77. The highest BCUT2D eigenvalue weighted by Crippen LogP contribution is 2.37. The summed E-state index contributed by atoms with van der Waals surface area (Å²) >= 11 is 16.7. The molecule has 0 unspecified atom stereocenters. The summed E-state index contributed by atoms with van der Waals surface area (Å²) in [6.07, 6.45) is 3.08. The Kier molecular flexibility index (Phi) is 3.89. The van der Waals surface area contributed by atoms with Crippen LogP contribution in [0.4, 0.5) is 0 Å². The van der Waals surface area contributed by atoms with Gasteiger partial charge in [-0.2, -0.15) is 0 Å². The van der Waals surface area contributed by atoms with Crippen molar-refractivity contribution in [2.75, 3.05) is 0 Å². The highest BCUT2D eigenvalue weighted by atomic mass is 35.6. The Bertz CT molecular complexity index is 620. The van der Waals surface area contributed by atoms with Crippen LogP contribution in [0, 0.1) is 0 Å². The molecule has 2 aromatic rings. The van der Waals surface area contributed by atoms with Gasteiger partial charge in [-0.3, -0.25) is 0 Å². The smallest absolute Gasteiger partial charge is 0.268 e. The first kappa shape index (κ1) is 14.0. The van der Waals surface area contributed by atoms with Gasteiger partial charge in [0.2, 0.25) is 5.89 Å². The van der Waals surface area contributed by atoms with Crippen LogP contribution in [0.1, 0.15) is 17.3 Å². The average molecular weight is 322 g/mol. The second kappa shape index (κ2) is 5.28. The van der Waals surface area contributed by atoms with Crippen LogP contribution in [-0.2, 0) is 3.79 Å². The number of hydrogen-bond acceptors (Lipinski definition) is 5. The van der Waals surface area contributed by atoms with Crippen molar-refractivity contribution in [1.82, 2.24) is 10.2 Å². The van der Waals surface area contributed by atoms with Crippen LogP contribution < -0.4 is 0 Å². The molecule has 0 aliphatic carbocycles. The van der Waals surface area contributed by atoms with Gasteiger partial charge in [-0.25, -0.2) is 0 Å². The number of phenols is 2. The zero-order valence-corrected chi connectivity index (χ0v) is 11.5. The minimum absolute atomic E-state index is 0.134. The first-order valence-electron chi connectivity index (χ1n) is 4.97. The molecule has 0 radical (unpaired) electrons. The maximum absolute atomic E-state index is 9.32. The van der Waals surface area contributed by atoms with Crippen molar-refractivity contribution in [2.45, 2.75) is 3.79 Å². The van der Waals surface area contributed by atoms with Crippen molar-refractivity contribution in [3.05, 3.63) is 35.5 Å². The Labute approximate surface area is 123 Å². The number of rotatable bonds is 2. The summed E-state index contributed by atoms with van der Waals surface area (Å²) in [5.41, 5.74) is 0.629. The van der Waals surface area contributed by atoms with Crippen LogP contribution in [0.25, 0.3) is 12.2 Å². The molecule has 5 nitrogen and oxygen atoms in total. The molecule has 0 aliphatic rings. The lowest BCUT2D eigenvalue weighted by Gasteiger charge is -2.01. The number of hydrogen-bond donors (Lipinski definition) is 2. The fourth-order valence-electron chi connectivity index (χ4n) is 1.23. The molecule has 19 heavy (non-hydrogen) atoms. The molecule has 100 valence electrons. The number of phenolic OH excluding ortho intramolecular Hbond substituents is 2. The molecule has 0 saturated heterocycles. The van der Waals surface area contributed by atoms with Gasteiger partial charge in [0.15, 0.2) is 11.5 Å². The van der Waals surface area contributed by atoms with Crippen LogP contribution in [0.5, 0.6) is 11.5 Å². The van der Waals surface area contributed by atoms with Crippen molar-refractivity contribution >= 4 is 47.0 Å². The number of nitrogens with zero attached hydrogens (tertiary/aromatic N) is 2. The molecule has 2 N–H and O–H groups in total. The molecule has 0 spiro atoms. The Morgan fingerprint density at radius 2 is 1.79 bits per heavy atom. The fraction of sp³-hybridized carbons (Fsp3) is 0.0909. The summed E-state index contributed by atoms with van der Waals surface area (Å²) in [5, 5.41) is 25.7. The van der Waals surface area contributed by atoms with Crippen molar-refractivity contribution < 1.29 is 14.6 Å². The molecule has 0 aliphatic heterocycles. The van der Waals surface area contributed by atoms with E-state index in [0.717, 1.165) is 0 Å². The van der Waals surface area contributed by atoms with Gasteiger partial charge >= 0.3 is 0 Å². The van der Waals surface area contributed by atoms with Crippen LogP contribution in [0.2, 0.25) is 0 Å². The lowest BCUT2D eigenvalue weighted by Crippen LogP contribution is -1.99. The lowest BCUT2D eigenvalue weighted by atomic mass is 10.2. The second-order valence-electron chi connectivity index (χ2n) is 3.52. The van der Waals surface area contributed by atoms with Gasteiger partial charge in [-0.1, -0.05) is 40.9 Å². The van der Waals surface area contributed by atoms with Gasteiger partial charge in [0, 0.05) is 6.08 Å². The third kappa shape index (κ3) is 3.53. The van der Waals surface area contributed by atoms with E-state index in [9.17, 15) is 5.11 Å². The second-order valence-corrected chi connectivity index (χ2v) is 5.81. The van der Waals surface area contributed by atoms with Gasteiger partial charge in [0.25, 0.3) is 9.68 Å². The Balaban J connectivity index is 2.18. The molecular weight excluding hydrogens is 314 g/mol. The maximum Gasteiger partial charge on any atom is 0.268 e. The first-order valence-corrected chi connectivity index (χ1v) is 6.10. The largest absolute Gasteiger partial charge is 0.504 e. The van der Waals surface area contributed by atoms with Crippen molar-refractivity contribution in [3.63, 3.8) is 0 Å². The number of alkyl halides is 3. The Hall–Kier alpha value is -1.43. The molecule has 0 amide bonds. The molecule has 0 bridgehead atoms. The summed E-state index contributed by atoms with van der Waals surface area (Å²) in [4.78, 5) is 0. The monoisotopic (exact) mass is 320 g/mol. The molecule has 1 aromatic carbocycles. The molecule has 8 heteroatoms. The topological polar surface area (TPSA) is 79.4 Å². The quantitative estimate of drug-likeness (QED) is 0.654. The first-order chi connectivity index (χ1) is 8.86. The zero-order chi connectivity index (χ0) is 14.0. The van der Waals surface area contributed by atoms with Gasteiger partial charge in [-0.15, -0.1) is 10.2 Å². The lowest BCUT2D eigenvalue weighted by molar-refractivity contribution is 0.403. The number of benzene rings is 1. The minimum Gasteiger partial charge on any atom is -0.504 e. The van der Waals surface area contributed by atoms with E-state index in [-0.39, 0.29) is 23.3 Å². The van der Waals surface area contributed by atoms with E-state index in [1.54, 1.807) is 12.1 Å². The van der Waals surface area contributed by atoms with Crippen LogP contribution in [0.15, 0.2) is 22.6 Å². The van der Waals surface area contributed by atoms with Crippen LogP contribution in [-0.4, -0.2) is 20.4 Å². The summed E-state index contributed by atoms with van der Waals surface area (Å²) in [7, 11) is 0. The number of aromatic hydroxyl groups is 2. The fourth-order valence-corrected chi connectivity index (χ4v) is 1.46. The number of aromatic nitrogens is 2. The van der Waals surface area contributed by atoms with Crippen LogP contribution >= 0.6 is 34.8 Å². The van der Waals surface area contributed by atoms with E-state index in [0.29, 0.717) is 5.56 Å². The SMILES string of the molecule is Oc1ccc(/C=C/c2nnc(C(Cl)(Cl)Cl)o2)cc1O. The molecule has 1 aromatic heterocycles. The normalized spacial score (nSPS) is 12.2. The highest BCUT2D eigenvalue weighted by molar-refractivity contribution is 6.66. The van der Waals surface area contributed by atoms with Gasteiger partial charge in [-0.05, 0) is 23.8 Å². The molecular formula is C11H7Cl3N2O3. The summed E-state index contributed by atoms with van der Waals surface area (Å²) in [6, 6.07) is 4.32. The van der Waals surface area contributed by atoms with E-state index in [4.69, 9.17) is 44.3 Å². The summed E-state index contributed by atoms with van der Waals surface area (Å²) in [6.45, 7) is 0. The standard InChI is InChI=1S/C11H7Cl3N2O3/c12-11(13,14)10-16-15-9(19-10)4-2-6-1-3-7(17)8(18)5-6/h1-5,17-18H/b4-2+. The Morgan fingerprint density at radius 3 is 2.37 bits per heavy atom. The summed E-state index contributed by atoms with van der Waals surface area (Å²) in [5.74, 6) is -0.414. The van der Waals surface area contributed by atoms with Crippen molar-refractivity contribution in [3.8, 4) is 11.5 Å². The van der Waals surface area contributed by atoms with Gasteiger partial charge in [0.1, 0.15) is 0 Å². The van der Waals surface area contributed by atoms with Crippen LogP contribution in [0.3, 0.4) is 0 Å².